The van der Waals surface area contributed by atoms with E-state index >= 15 is 0 Å². The minimum absolute atomic E-state index is 0.0178. The third kappa shape index (κ3) is 4.82. The summed E-state index contributed by atoms with van der Waals surface area (Å²) in [4.78, 5) is 19.1. The average molecular weight is 394 g/mol. The van der Waals surface area contributed by atoms with Crippen molar-refractivity contribution in [1.82, 2.24) is 19.8 Å². The second kappa shape index (κ2) is 8.74. The zero-order valence-electron chi connectivity index (χ0n) is 16.8. The Labute approximate surface area is 170 Å². The van der Waals surface area contributed by atoms with Gasteiger partial charge in [-0.1, -0.05) is 24.3 Å². The van der Waals surface area contributed by atoms with Crippen LogP contribution in [0.15, 0.2) is 48.5 Å². The van der Waals surface area contributed by atoms with Crippen LogP contribution in [0, 0.1) is 18.7 Å². The molecule has 0 radical (unpaired) electrons. The highest BCUT2D eigenvalue weighted by atomic mass is 19.1. The Bertz CT molecular complexity index is 974. The summed E-state index contributed by atoms with van der Waals surface area (Å²) in [5.74, 6) is 1.42. The first-order chi connectivity index (χ1) is 14.1. The third-order valence-corrected chi connectivity index (χ3v) is 5.76. The maximum atomic E-state index is 12.9. The molecule has 0 aliphatic carbocycles. The van der Waals surface area contributed by atoms with E-state index in [0.29, 0.717) is 19.0 Å². The van der Waals surface area contributed by atoms with Crippen molar-refractivity contribution in [2.24, 2.45) is 5.92 Å². The van der Waals surface area contributed by atoms with Gasteiger partial charge in [-0.3, -0.25) is 9.69 Å². The van der Waals surface area contributed by atoms with Gasteiger partial charge in [0.05, 0.1) is 17.6 Å². The van der Waals surface area contributed by atoms with Gasteiger partial charge in [0.2, 0.25) is 5.91 Å². The number of carbonyl (C=O) groups excluding carboxylic acids is 1. The predicted molar refractivity (Wildman–Crippen MR) is 112 cm³/mol. The Balaban J connectivity index is 1.24. The summed E-state index contributed by atoms with van der Waals surface area (Å²) >= 11 is 0. The zero-order valence-corrected chi connectivity index (χ0v) is 16.8. The summed E-state index contributed by atoms with van der Waals surface area (Å²) in [6.45, 7) is 5.77. The Morgan fingerprint density at radius 3 is 2.62 bits per heavy atom. The number of carbonyl (C=O) groups is 1. The molecule has 0 spiro atoms. The number of piperidine rings is 1. The van der Waals surface area contributed by atoms with Gasteiger partial charge in [0, 0.05) is 13.1 Å². The van der Waals surface area contributed by atoms with Gasteiger partial charge >= 0.3 is 0 Å². The van der Waals surface area contributed by atoms with E-state index in [1.807, 2.05) is 6.07 Å². The van der Waals surface area contributed by atoms with Crippen LogP contribution in [0.25, 0.3) is 11.0 Å². The van der Waals surface area contributed by atoms with E-state index < -0.39 is 0 Å². The predicted octanol–water partition coefficient (Wildman–Crippen LogP) is 3.51. The lowest BCUT2D eigenvalue weighted by Gasteiger charge is -2.31. The number of hydrogen-bond acceptors (Lipinski definition) is 3. The first-order valence-electron chi connectivity index (χ1n) is 10.2. The summed E-state index contributed by atoms with van der Waals surface area (Å²) < 4.78 is 15.3. The lowest BCUT2D eigenvalue weighted by atomic mass is 9.96. The largest absolute Gasteiger partial charge is 0.351 e. The van der Waals surface area contributed by atoms with Crippen LogP contribution in [0.4, 0.5) is 4.39 Å². The van der Waals surface area contributed by atoms with E-state index in [1.54, 1.807) is 12.1 Å². The summed E-state index contributed by atoms with van der Waals surface area (Å²) in [5, 5.41) is 2.93. The number of likely N-dealkylation sites (tertiary alicyclic amines) is 1. The van der Waals surface area contributed by atoms with Gasteiger partial charge in [-0.15, -0.1) is 0 Å². The number of nitrogens with one attached hydrogen (secondary N) is 1. The molecule has 1 fully saturated rings. The number of fused-ring (bicyclic) bond motifs is 1. The molecule has 4 rings (SSSR count). The van der Waals surface area contributed by atoms with Gasteiger partial charge in [-0.2, -0.15) is 0 Å². The SMILES string of the molecule is Cc1nc2ccccc2n1CC1CCN(CC(=O)NCc2ccc(F)cc2)CC1. The standard InChI is InChI=1S/C23H27FN4O/c1-17-26-21-4-2-3-5-22(21)28(17)15-19-10-12-27(13-11-19)16-23(29)25-14-18-6-8-20(24)9-7-18/h2-9,19H,10-16H2,1H3,(H,25,29). The van der Waals surface area contributed by atoms with Crippen LogP contribution in [0.3, 0.4) is 0 Å². The van der Waals surface area contributed by atoms with Gasteiger partial charge < -0.3 is 9.88 Å². The maximum Gasteiger partial charge on any atom is 0.234 e. The summed E-state index contributed by atoms with van der Waals surface area (Å²) in [5.41, 5.74) is 3.16. The molecule has 3 aromatic rings. The van der Waals surface area contributed by atoms with Crippen LogP contribution >= 0.6 is 0 Å². The molecule has 0 atom stereocenters. The molecule has 1 aliphatic heterocycles. The fourth-order valence-corrected chi connectivity index (χ4v) is 4.07. The minimum Gasteiger partial charge on any atom is -0.351 e. The van der Waals surface area contributed by atoms with Crippen molar-refractivity contribution in [2.75, 3.05) is 19.6 Å². The highest BCUT2D eigenvalue weighted by Crippen LogP contribution is 2.23. The lowest BCUT2D eigenvalue weighted by molar-refractivity contribution is -0.122. The van der Waals surface area contributed by atoms with E-state index in [4.69, 9.17) is 0 Å². The van der Waals surface area contributed by atoms with E-state index in [-0.39, 0.29) is 11.7 Å². The third-order valence-electron chi connectivity index (χ3n) is 5.76. The van der Waals surface area contributed by atoms with Crippen LogP contribution < -0.4 is 5.32 Å². The molecule has 1 saturated heterocycles. The smallest absolute Gasteiger partial charge is 0.234 e. The maximum absolute atomic E-state index is 12.9. The molecule has 29 heavy (non-hydrogen) atoms. The van der Waals surface area contributed by atoms with Crippen LogP contribution in [-0.2, 0) is 17.9 Å². The van der Waals surface area contributed by atoms with Crippen molar-refractivity contribution in [1.29, 1.82) is 0 Å². The van der Waals surface area contributed by atoms with E-state index in [9.17, 15) is 9.18 Å². The highest BCUT2D eigenvalue weighted by molar-refractivity contribution is 5.78. The Hall–Kier alpha value is -2.73. The quantitative estimate of drug-likeness (QED) is 0.696. The number of aryl methyl sites for hydroxylation is 1. The van der Waals surface area contributed by atoms with E-state index in [0.717, 1.165) is 49.4 Å². The van der Waals surface area contributed by atoms with E-state index in [1.165, 1.54) is 17.6 Å². The van der Waals surface area contributed by atoms with Crippen LogP contribution in [0.5, 0.6) is 0 Å². The fourth-order valence-electron chi connectivity index (χ4n) is 4.07. The Morgan fingerprint density at radius 2 is 1.86 bits per heavy atom. The molecule has 1 aromatic heterocycles. The second-order valence-electron chi connectivity index (χ2n) is 7.88. The van der Waals surface area contributed by atoms with E-state index in [2.05, 4.69) is 44.9 Å². The van der Waals surface area contributed by atoms with Crippen molar-refractivity contribution < 1.29 is 9.18 Å². The summed E-state index contributed by atoms with van der Waals surface area (Å²) in [6, 6.07) is 14.5. The van der Waals surface area contributed by atoms with Crippen molar-refractivity contribution >= 4 is 16.9 Å². The highest BCUT2D eigenvalue weighted by Gasteiger charge is 2.22. The van der Waals surface area contributed by atoms with Gasteiger partial charge in [0.15, 0.2) is 0 Å². The number of rotatable bonds is 6. The molecule has 1 amide bonds. The molecule has 0 saturated carbocycles. The van der Waals surface area contributed by atoms with Crippen molar-refractivity contribution in [3.63, 3.8) is 0 Å². The minimum atomic E-state index is -0.262. The molecule has 1 N–H and O–H groups in total. The second-order valence-corrected chi connectivity index (χ2v) is 7.88. The zero-order chi connectivity index (χ0) is 20.2. The number of para-hydroxylation sites is 2. The van der Waals surface area contributed by atoms with Crippen molar-refractivity contribution in [3.05, 3.63) is 65.7 Å². The van der Waals surface area contributed by atoms with Gasteiger partial charge in [0.25, 0.3) is 0 Å². The number of nitrogens with zero attached hydrogens (tertiary/aromatic N) is 3. The average Bonchev–Trinajstić information content (AvgIpc) is 3.04. The lowest BCUT2D eigenvalue weighted by Crippen LogP contribution is -2.41. The fraction of sp³-hybridized carbons (Fsp3) is 0.391. The number of amides is 1. The van der Waals surface area contributed by atoms with Gasteiger partial charge in [-0.25, -0.2) is 9.37 Å². The van der Waals surface area contributed by atoms with Crippen molar-refractivity contribution in [3.8, 4) is 0 Å². The van der Waals surface area contributed by atoms with Gasteiger partial charge in [-0.05, 0) is 68.6 Å². The number of aromatic nitrogens is 2. The van der Waals surface area contributed by atoms with Crippen LogP contribution in [0.1, 0.15) is 24.2 Å². The number of halogens is 1. The summed E-state index contributed by atoms with van der Waals surface area (Å²) in [6.07, 6.45) is 2.16. The molecule has 5 nitrogen and oxygen atoms in total. The molecule has 2 aromatic carbocycles. The Kier molecular flexibility index (Phi) is 5.90. The number of benzene rings is 2. The first-order valence-corrected chi connectivity index (χ1v) is 10.2. The molecular formula is C23H27FN4O. The number of imidazole rings is 1. The topological polar surface area (TPSA) is 50.2 Å². The molecule has 6 heteroatoms. The molecule has 0 bridgehead atoms. The summed E-state index contributed by atoms with van der Waals surface area (Å²) in [7, 11) is 0. The molecule has 2 heterocycles. The molecule has 0 unspecified atom stereocenters. The molecule has 1 aliphatic rings. The normalized spacial score (nSPS) is 15.7. The first kappa shape index (κ1) is 19.6. The monoisotopic (exact) mass is 394 g/mol. The van der Waals surface area contributed by atoms with Gasteiger partial charge in [0.1, 0.15) is 11.6 Å². The van der Waals surface area contributed by atoms with Crippen LogP contribution in [-0.4, -0.2) is 40.0 Å². The molecular weight excluding hydrogens is 367 g/mol. The molecule has 152 valence electrons. The number of hydrogen-bond donors (Lipinski definition) is 1. The van der Waals surface area contributed by atoms with Crippen molar-refractivity contribution in [2.45, 2.75) is 32.9 Å². The Morgan fingerprint density at radius 1 is 1.14 bits per heavy atom. The van der Waals surface area contributed by atoms with Crippen LogP contribution in [0.2, 0.25) is 0 Å².